The molecule has 0 bridgehead atoms. The molecule has 0 aliphatic carbocycles. The molecule has 2 aromatic rings. The lowest BCUT2D eigenvalue weighted by Gasteiger charge is -2.36. The molecule has 2 atom stereocenters. The molecule has 0 spiro atoms. The minimum absolute atomic E-state index is 0.0693. The van der Waals surface area contributed by atoms with Gasteiger partial charge in [-0.05, 0) is 32.9 Å². The van der Waals surface area contributed by atoms with Gasteiger partial charge in [0.25, 0.3) is 5.91 Å². The summed E-state index contributed by atoms with van der Waals surface area (Å²) in [6.45, 7) is 7.58. The van der Waals surface area contributed by atoms with E-state index >= 15 is 0 Å². The van der Waals surface area contributed by atoms with Crippen molar-refractivity contribution in [1.29, 1.82) is 0 Å². The van der Waals surface area contributed by atoms with Gasteiger partial charge in [0.15, 0.2) is 0 Å². The van der Waals surface area contributed by atoms with Crippen molar-refractivity contribution in [1.82, 2.24) is 20.0 Å². The first-order valence-corrected chi connectivity index (χ1v) is 7.71. The van der Waals surface area contributed by atoms with Crippen LogP contribution in [0.25, 0.3) is 5.69 Å². The molecule has 1 aliphatic heterocycles. The number of nitrogens with zero attached hydrogens (tertiary/aromatic N) is 3. The molecule has 0 radical (unpaired) electrons. The molecule has 1 N–H and O–H groups in total. The maximum Gasteiger partial charge on any atom is 0.257 e. The predicted octanol–water partition coefficient (Wildman–Crippen LogP) is 2.00. The second kappa shape index (κ2) is 5.93. The molecule has 116 valence electrons. The molecule has 22 heavy (non-hydrogen) atoms. The van der Waals surface area contributed by atoms with E-state index in [0.717, 1.165) is 24.5 Å². The highest BCUT2D eigenvalue weighted by atomic mass is 16.2. The first-order chi connectivity index (χ1) is 10.5. The summed E-state index contributed by atoms with van der Waals surface area (Å²) in [5.41, 5.74) is 2.42. The van der Waals surface area contributed by atoms with Gasteiger partial charge in [0, 0.05) is 31.4 Å². The van der Waals surface area contributed by atoms with E-state index in [-0.39, 0.29) is 5.91 Å². The van der Waals surface area contributed by atoms with Crippen molar-refractivity contribution in [3.8, 4) is 5.69 Å². The van der Waals surface area contributed by atoms with E-state index < -0.39 is 0 Å². The molecule has 1 aliphatic rings. The lowest BCUT2D eigenvalue weighted by molar-refractivity contribution is 0.0673. The van der Waals surface area contributed by atoms with E-state index in [9.17, 15) is 4.79 Å². The van der Waals surface area contributed by atoms with Crippen LogP contribution in [0.5, 0.6) is 0 Å². The van der Waals surface area contributed by atoms with Crippen molar-refractivity contribution in [2.75, 3.05) is 13.1 Å². The molecule has 3 rings (SSSR count). The molecule has 0 unspecified atom stereocenters. The molecular weight excluding hydrogens is 276 g/mol. The fraction of sp³-hybridized carbons (Fsp3) is 0.412. The third-order valence-electron chi connectivity index (χ3n) is 3.99. The molecule has 2 heterocycles. The van der Waals surface area contributed by atoms with Gasteiger partial charge in [-0.15, -0.1) is 0 Å². The molecular formula is C17H22N4O. The van der Waals surface area contributed by atoms with Crippen molar-refractivity contribution < 1.29 is 4.79 Å². The summed E-state index contributed by atoms with van der Waals surface area (Å²) in [6, 6.07) is 10.5. The monoisotopic (exact) mass is 298 g/mol. The number of hydrogen-bond acceptors (Lipinski definition) is 3. The van der Waals surface area contributed by atoms with E-state index in [4.69, 9.17) is 0 Å². The Morgan fingerprint density at radius 3 is 2.45 bits per heavy atom. The standard InChI is InChI=1S/C17H22N4O/c1-12-9-20(10-13(2)18-12)17(22)16-11-21(19-14(16)3)15-7-5-4-6-8-15/h4-8,11-13,18H,9-10H2,1-3H3/t12-,13-/m0/s1. The minimum Gasteiger partial charge on any atom is -0.335 e. The van der Waals surface area contributed by atoms with Crippen LogP contribution < -0.4 is 5.32 Å². The van der Waals surface area contributed by atoms with Crippen LogP contribution in [0, 0.1) is 6.92 Å². The Morgan fingerprint density at radius 2 is 1.82 bits per heavy atom. The number of rotatable bonds is 2. The van der Waals surface area contributed by atoms with Crippen LogP contribution in [0.2, 0.25) is 0 Å². The summed E-state index contributed by atoms with van der Waals surface area (Å²) in [7, 11) is 0. The fourth-order valence-corrected chi connectivity index (χ4v) is 3.05. The number of aromatic nitrogens is 2. The van der Waals surface area contributed by atoms with Crippen LogP contribution in [0.3, 0.4) is 0 Å². The molecule has 5 heteroatoms. The van der Waals surface area contributed by atoms with E-state index in [1.165, 1.54) is 0 Å². The zero-order chi connectivity index (χ0) is 15.7. The molecule has 1 amide bonds. The molecule has 1 saturated heterocycles. The number of carbonyl (C=O) groups is 1. The average molecular weight is 298 g/mol. The van der Waals surface area contributed by atoms with E-state index in [0.29, 0.717) is 17.6 Å². The topological polar surface area (TPSA) is 50.2 Å². The highest BCUT2D eigenvalue weighted by molar-refractivity contribution is 5.95. The summed E-state index contributed by atoms with van der Waals surface area (Å²) < 4.78 is 1.78. The van der Waals surface area contributed by atoms with Crippen LogP contribution in [0.4, 0.5) is 0 Å². The van der Waals surface area contributed by atoms with Gasteiger partial charge in [0.05, 0.1) is 16.9 Å². The summed E-state index contributed by atoms with van der Waals surface area (Å²) in [6.07, 6.45) is 1.84. The number of aryl methyl sites for hydroxylation is 1. The first-order valence-electron chi connectivity index (χ1n) is 7.71. The second-order valence-electron chi connectivity index (χ2n) is 6.09. The SMILES string of the molecule is Cc1nn(-c2ccccc2)cc1C(=O)N1C[C@H](C)N[C@@H](C)C1. The number of nitrogens with one attached hydrogen (secondary N) is 1. The Kier molecular flexibility index (Phi) is 3.98. The Bertz CT molecular complexity index is 655. The molecule has 1 fully saturated rings. The van der Waals surface area contributed by atoms with Gasteiger partial charge in [0.1, 0.15) is 0 Å². The number of para-hydroxylation sites is 1. The van der Waals surface area contributed by atoms with Gasteiger partial charge in [0.2, 0.25) is 0 Å². The smallest absolute Gasteiger partial charge is 0.257 e. The zero-order valence-corrected chi connectivity index (χ0v) is 13.3. The normalized spacial score (nSPS) is 21.9. The van der Waals surface area contributed by atoms with Crippen molar-refractivity contribution >= 4 is 5.91 Å². The van der Waals surface area contributed by atoms with Gasteiger partial charge in [-0.2, -0.15) is 5.10 Å². The van der Waals surface area contributed by atoms with Gasteiger partial charge in [-0.1, -0.05) is 18.2 Å². The van der Waals surface area contributed by atoms with Crippen molar-refractivity contribution in [3.05, 3.63) is 47.8 Å². The van der Waals surface area contributed by atoms with Gasteiger partial charge in [-0.3, -0.25) is 4.79 Å². The van der Waals surface area contributed by atoms with Crippen molar-refractivity contribution in [2.45, 2.75) is 32.9 Å². The van der Waals surface area contributed by atoms with Gasteiger partial charge in [-0.25, -0.2) is 4.68 Å². The largest absolute Gasteiger partial charge is 0.335 e. The molecule has 1 aromatic carbocycles. The van der Waals surface area contributed by atoms with Crippen molar-refractivity contribution in [2.24, 2.45) is 0 Å². The second-order valence-corrected chi connectivity index (χ2v) is 6.09. The zero-order valence-electron chi connectivity index (χ0n) is 13.3. The average Bonchev–Trinajstić information content (AvgIpc) is 2.88. The highest BCUT2D eigenvalue weighted by Crippen LogP contribution is 2.16. The maximum atomic E-state index is 12.8. The highest BCUT2D eigenvalue weighted by Gasteiger charge is 2.27. The fourth-order valence-electron chi connectivity index (χ4n) is 3.05. The number of hydrogen-bond donors (Lipinski definition) is 1. The number of amides is 1. The quantitative estimate of drug-likeness (QED) is 0.922. The number of carbonyl (C=O) groups excluding carboxylic acids is 1. The number of benzene rings is 1. The third-order valence-corrected chi connectivity index (χ3v) is 3.99. The molecule has 1 aromatic heterocycles. The summed E-state index contributed by atoms with van der Waals surface area (Å²) in [5.74, 6) is 0.0693. The molecule has 0 saturated carbocycles. The van der Waals surface area contributed by atoms with Crippen LogP contribution in [-0.2, 0) is 0 Å². The van der Waals surface area contributed by atoms with Crippen LogP contribution in [0.1, 0.15) is 29.9 Å². The Labute approximate surface area is 130 Å². The lowest BCUT2D eigenvalue weighted by atomic mass is 10.1. The first kappa shape index (κ1) is 14.8. The van der Waals surface area contributed by atoms with E-state index in [1.807, 2.05) is 48.4 Å². The van der Waals surface area contributed by atoms with Gasteiger partial charge < -0.3 is 10.2 Å². The molecule has 5 nitrogen and oxygen atoms in total. The van der Waals surface area contributed by atoms with E-state index in [1.54, 1.807) is 4.68 Å². The van der Waals surface area contributed by atoms with Crippen molar-refractivity contribution in [3.63, 3.8) is 0 Å². The van der Waals surface area contributed by atoms with Crippen LogP contribution in [-0.4, -0.2) is 45.8 Å². The Hall–Kier alpha value is -2.14. The Balaban J connectivity index is 1.86. The summed E-state index contributed by atoms with van der Waals surface area (Å²) in [5, 5.41) is 7.93. The Morgan fingerprint density at radius 1 is 1.18 bits per heavy atom. The van der Waals surface area contributed by atoms with E-state index in [2.05, 4.69) is 24.3 Å². The third kappa shape index (κ3) is 2.90. The maximum absolute atomic E-state index is 12.8. The predicted molar refractivity (Wildman–Crippen MR) is 86.3 cm³/mol. The van der Waals surface area contributed by atoms with Gasteiger partial charge >= 0.3 is 0 Å². The minimum atomic E-state index is 0.0693. The van der Waals surface area contributed by atoms with Crippen LogP contribution >= 0.6 is 0 Å². The van der Waals surface area contributed by atoms with Crippen LogP contribution in [0.15, 0.2) is 36.5 Å². The summed E-state index contributed by atoms with van der Waals surface area (Å²) >= 11 is 0. The number of piperazine rings is 1. The summed E-state index contributed by atoms with van der Waals surface area (Å²) in [4.78, 5) is 14.7. The lowest BCUT2D eigenvalue weighted by Crippen LogP contribution is -2.55.